The van der Waals surface area contributed by atoms with E-state index in [0.29, 0.717) is 0 Å². The van der Waals surface area contributed by atoms with E-state index in [9.17, 15) is 27.9 Å². The number of aromatic nitrogens is 2. The SMILES string of the molecule is COC(=O)c1nc(-c2cccc(C(F)(F)F)c2)[nH]c(=O)c1O. The Hall–Kier alpha value is -2.84. The summed E-state index contributed by atoms with van der Waals surface area (Å²) in [4.78, 5) is 28.7. The van der Waals surface area contributed by atoms with E-state index in [1.54, 1.807) is 0 Å². The maximum Gasteiger partial charge on any atom is 0.416 e. The third-order valence-corrected chi connectivity index (χ3v) is 2.74. The second kappa shape index (κ2) is 5.51. The van der Waals surface area contributed by atoms with Crippen molar-refractivity contribution in [1.82, 2.24) is 9.97 Å². The first-order valence-electron chi connectivity index (χ1n) is 5.83. The minimum atomic E-state index is -4.57. The number of nitrogens with one attached hydrogen (secondary N) is 1. The van der Waals surface area contributed by atoms with Crippen LogP contribution in [0.2, 0.25) is 0 Å². The molecule has 0 fully saturated rings. The zero-order valence-corrected chi connectivity index (χ0v) is 11.1. The largest absolute Gasteiger partial charge is 0.501 e. The van der Waals surface area contributed by atoms with Gasteiger partial charge in [0, 0.05) is 5.56 Å². The zero-order valence-electron chi connectivity index (χ0n) is 11.1. The molecule has 116 valence electrons. The number of alkyl halides is 3. The minimum Gasteiger partial charge on any atom is -0.501 e. The van der Waals surface area contributed by atoms with Crippen LogP contribution in [0.3, 0.4) is 0 Å². The molecule has 0 aliphatic carbocycles. The van der Waals surface area contributed by atoms with Gasteiger partial charge in [0.2, 0.25) is 5.75 Å². The minimum absolute atomic E-state index is 0.0721. The van der Waals surface area contributed by atoms with Gasteiger partial charge in [-0.05, 0) is 12.1 Å². The number of carbonyl (C=O) groups excluding carboxylic acids is 1. The Labute approximate surface area is 121 Å². The molecule has 6 nitrogen and oxygen atoms in total. The van der Waals surface area contributed by atoms with Gasteiger partial charge in [-0.25, -0.2) is 9.78 Å². The maximum absolute atomic E-state index is 12.7. The van der Waals surface area contributed by atoms with Gasteiger partial charge in [0.25, 0.3) is 5.56 Å². The second-order valence-corrected chi connectivity index (χ2v) is 4.18. The number of halogens is 3. The highest BCUT2D eigenvalue weighted by Gasteiger charge is 2.30. The van der Waals surface area contributed by atoms with Crippen LogP contribution >= 0.6 is 0 Å². The molecule has 2 aromatic rings. The van der Waals surface area contributed by atoms with Crippen LogP contribution in [0.4, 0.5) is 13.2 Å². The molecule has 9 heteroatoms. The molecule has 1 aromatic heterocycles. The summed E-state index contributed by atoms with van der Waals surface area (Å²) < 4.78 is 42.4. The Morgan fingerprint density at radius 3 is 2.64 bits per heavy atom. The summed E-state index contributed by atoms with van der Waals surface area (Å²) in [6, 6.07) is 4.01. The molecule has 2 rings (SSSR count). The molecule has 0 bridgehead atoms. The van der Waals surface area contributed by atoms with Crippen molar-refractivity contribution in [3.8, 4) is 17.1 Å². The summed E-state index contributed by atoms with van der Waals surface area (Å²) in [6.45, 7) is 0. The molecular weight excluding hydrogens is 305 g/mol. The molecule has 0 amide bonds. The van der Waals surface area contributed by atoms with Crippen molar-refractivity contribution in [2.75, 3.05) is 7.11 Å². The Bertz CT molecular complexity index is 784. The van der Waals surface area contributed by atoms with Gasteiger partial charge in [0.15, 0.2) is 5.69 Å². The number of nitrogens with zero attached hydrogens (tertiary/aromatic N) is 1. The van der Waals surface area contributed by atoms with Crippen LogP contribution in [-0.4, -0.2) is 28.2 Å². The Balaban J connectivity index is 2.61. The van der Waals surface area contributed by atoms with Gasteiger partial charge in [-0.1, -0.05) is 12.1 Å². The third kappa shape index (κ3) is 2.92. The number of carbonyl (C=O) groups is 1. The van der Waals surface area contributed by atoms with E-state index < -0.39 is 34.7 Å². The molecule has 0 spiro atoms. The van der Waals surface area contributed by atoms with Gasteiger partial charge in [0.05, 0.1) is 12.7 Å². The topological polar surface area (TPSA) is 92.3 Å². The van der Waals surface area contributed by atoms with Gasteiger partial charge >= 0.3 is 12.1 Å². The first-order valence-corrected chi connectivity index (χ1v) is 5.83. The van der Waals surface area contributed by atoms with Crippen LogP contribution in [0.5, 0.6) is 5.75 Å². The molecule has 0 radical (unpaired) electrons. The number of benzene rings is 1. The predicted octanol–water partition coefficient (Wildman–Crippen LogP) is 1.95. The Morgan fingerprint density at radius 2 is 2.05 bits per heavy atom. The molecule has 0 aliphatic rings. The van der Waals surface area contributed by atoms with E-state index in [1.165, 1.54) is 6.07 Å². The normalized spacial score (nSPS) is 11.3. The van der Waals surface area contributed by atoms with Crippen molar-refractivity contribution in [3.05, 3.63) is 45.9 Å². The fourth-order valence-corrected chi connectivity index (χ4v) is 1.69. The summed E-state index contributed by atoms with van der Waals surface area (Å²) in [6.07, 6.45) is -4.57. The number of rotatable bonds is 2. The van der Waals surface area contributed by atoms with Gasteiger partial charge in [-0.2, -0.15) is 13.2 Å². The van der Waals surface area contributed by atoms with Crippen LogP contribution in [0.1, 0.15) is 16.1 Å². The molecule has 1 aromatic carbocycles. The highest BCUT2D eigenvalue weighted by molar-refractivity contribution is 5.90. The van der Waals surface area contributed by atoms with Crippen LogP contribution in [0, 0.1) is 0 Å². The van der Waals surface area contributed by atoms with E-state index in [2.05, 4.69) is 14.7 Å². The van der Waals surface area contributed by atoms with Crippen molar-refractivity contribution < 1.29 is 27.8 Å². The highest BCUT2D eigenvalue weighted by atomic mass is 19.4. The fraction of sp³-hybridized carbons (Fsp3) is 0.154. The van der Waals surface area contributed by atoms with E-state index in [4.69, 9.17) is 0 Å². The highest BCUT2D eigenvalue weighted by Crippen LogP contribution is 2.31. The summed E-state index contributed by atoms with van der Waals surface area (Å²) in [5, 5.41) is 9.47. The molecular formula is C13H9F3N2O4. The predicted molar refractivity (Wildman–Crippen MR) is 68.3 cm³/mol. The van der Waals surface area contributed by atoms with Crippen LogP contribution in [0.25, 0.3) is 11.4 Å². The van der Waals surface area contributed by atoms with Gasteiger partial charge in [-0.3, -0.25) is 4.79 Å². The lowest BCUT2D eigenvalue weighted by Crippen LogP contribution is -2.16. The number of ether oxygens (including phenoxy) is 1. The van der Waals surface area contributed by atoms with Crippen molar-refractivity contribution in [1.29, 1.82) is 0 Å². The molecule has 0 unspecified atom stereocenters. The number of hydrogen-bond acceptors (Lipinski definition) is 5. The number of methoxy groups -OCH3 is 1. The number of H-pyrrole nitrogens is 1. The lowest BCUT2D eigenvalue weighted by Gasteiger charge is -2.09. The third-order valence-electron chi connectivity index (χ3n) is 2.74. The zero-order chi connectivity index (χ0) is 16.5. The van der Waals surface area contributed by atoms with E-state index in [1.807, 2.05) is 0 Å². The average molecular weight is 314 g/mol. The number of esters is 1. The first-order chi connectivity index (χ1) is 10.2. The van der Waals surface area contributed by atoms with Crippen molar-refractivity contribution in [3.63, 3.8) is 0 Å². The van der Waals surface area contributed by atoms with Crippen LogP contribution in [-0.2, 0) is 10.9 Å². The quantitative estimate of drug-likeness (QED) is 0.827. The lowest BCUT2D eigenvalue weighted by molar-refractivity contribution is -0.137. The number of aromatic amines is 1. The Kier molecular flexibility index (Phi) is 3.89. The lowest BCUT2D eigenvalue weighted by atomic mass is 10.1. The van der Waals surface area contributed by atoms with E-state index in [-0.39, 0.29) is 11.4 Å². The summed E-state index contributed by atoms with van der Waals surface area (Å²) in [5.74, 6) is -2.35. The molecule has 0 aliphatic heterocycles. The van der Waals surface area contributed by atoms with E-state index in [0.717, 1.165) is 25.3 Å². The van der Waals surface area contributed by atoms with Crippen LogP contribution in [0.15, 0.2) is 29.1 Å². The monoisotopic (exact) mass is 314 g/mol. The summed E-state index contributed by atoms with van der Waals surface area (Å²) in [5.41, 5.74) is -2.76. The molecule has 1 heterocycles. The van der Waals surface area contributed by atoms with Crippen molar-refractivity contribution in [2.45, 2.75) is 6.18 Å². The van der Waals surface area contributed by atoms with Gasteiger partial charge in [0.1, 0.15) is 5.82 Å². The summed E-state index contributed by atoms with van der Waals surface area (Å²) in [7, 11) is 1.01. The molecule has 22 heavy (non-hydrogen) atoms. The maximum atomic E-state index is 12.7. The smallest absolute Gasteiger partial charge is 0.416 e. The van der Waals surface area contributed by atoms with E-state index >= 15 is 0 Å². The van der Waals surface area contributed by atoms with Gasteiger partial charge in [-0.15, -0.1) is 0 Å². The second-order valence-electron chi connectivity index (χ2n) is 4.18. The number of hydrogen-bond donors (Lipinski definition) is 2. The van der Waals surface area contributed by atoms with Crippen molar-refractivity contribution >= 4 is 5.97 Å². The first kappa shape index (κ1) is 15.5. The fourth-order valence-electron chi connectivity index (χ4n) is 1.69. The van der Waals surface area contributed by atoms with Gasteiger partial charge < -0.3 is 14.8 Å². The van der Waals surface area contributed by atoms with Crippen LogP contribution < -0.4 is 5.56 Å². The standard InChI is InChI=1S/C13H9F3N2O4/c1-22-12(21)8-9(19)11(20)18-10(17-8)6-3-2-4-7(5-6)13(14,15)16/h2-5,19H,1H3,(H,17,18,20). The Morgan fingerprint density at radius 1 is 1.36 bits per heavy atom. The average Bonchev–Trinajstić information content (AvgIpc) is 2.48. The number of aromatic hydroxyl groups is 1. The molecule has 0 atom stereocenters. The molecule has 2 N–H and O–H groups in total. The molecule has 0 saturated heterocycles. The molecule has 0 saturated carbocycles. The summed E-state index contributed by atoms with van der Waals surface area (Å²) >= 11 is 0. The van der Waals surface area contributed by atoms with Crippen molar-refractivity contribution in [2.24, 2.45) is 0 Å².